The number of hydrogen-bond donors (Lipinski definition) is 1. The van der Waals surface area contributed by atoms with Crippen LogP contribution in [0.2, 0.25) is 5.02 Å². The highest BCUT2D eigenvalue weighted by Crippen LogP contribution is 2.51. The molecule has 0 radical (unpaired) electrons. The Kier molecular flexibility index (Phi) is 5.38. The molecule has 5 rings (SSSR count). The number of para-hydroxylation sites is 1. The number of amides is 1. The van der Waals surface area contributed by atoms with Gasteiger partial charge in [-0.2, -0.15) is 0 Å². The Hall–Kier alpha value is -3.64. The van der Waals surface area contributed by atoms with Gasteiger partial charge in [-0.05, 0) is 54.3 Å². The lowest BCUT2D eigenvalue weighted by atomic mass is 9.76. The molecule has 1 aliphatic carbocycles. The van der Waals surface area contributed by atoms with Gasteiger partial charge in [-0.25, -0.2) is 0 Å². The summed E-state index contributed by atoms with van der Waals surface area (Å²) in [6.07, 6.45) is 5.12. The van der Waals surface area contributed by atoms with Crippen LogP contribution in [0.25, 0.3) is 0 Å². The Labute approximate surface area is 196 Å². The predicted octanol–water partition coefficient (Wildman–Crippen LogP) is 6.35. The first-order valence-corrected chi connectivity index (χ1v) is 11.2. The number of fused-ring (bicyclic) bond motifs is 3. The van der Waals surface area contributed by atoms with E-state index in [0.29, 0.717) is 10.6 Å². The van der Waals surface area contributed by atoms with Gasteiger partial charge in [0.1, 0.15) is 0 Å². The van der Waals surface area contributed by atoms with Gasteiger partial charge < -0.3 is 10.2 Å². The van der Waals surface area contributed by atoms with Crippen LogP contribution in [-0.4, -0.2) is 17.9 Å². The van der Waals surface area contributed by atoms with Gasteiger partial charge in [-0.3, -0.25) is 14.9 Å². The van der Waals surface area contributed by atoms with Gasteiger partial charge in [-0.1, -0.05) is 42.0 Å². The molecule has 6 nitrogen and oxygen atoms in total. The second kappa shape index (κ2) is 8.37. The zero-order valence-electron chi connectivity index (χ0n) is 17.9. The van der Waals surface area contributed by atoms with E-state index in [1.54, 1.807) is 24.1 Å². The summed E-state index contributed by atoms with van der Waals surface area (Å²) in [5, 5.41) is 15.4. The van der Waals surface area contributed by atoms with Crippen molar-refractivity contribution in [3.63, 3.8) is 0 Å². The molecule has 0 aromatic heterocycles. The second-order valence-corrected chi connectivity index (χ2v) is 8.85. The topological polar surface area (TPSA) is 75.5 Å². The Bertz CT molecular complexity index is 1280. The van der Waals surface area contributed by atoms with E-state index in [0.717, 1.165) is 28.9 Å². The number of non-ortho nitro benzene ring substituents is 1. The number of halogens is 1. The van der Waals surface area contributed by atoms with E-state index in [2.05, 4.69) is 17.5 Å². The number of nitrogens with one attached hydrogen (secondary N) is 1. The molecule has 1 heterocycles. The minimum Gasteiger partial charge on any atom is -0.378 e. The van der Waals surface area contributed by atoms with E-state index >= 15 is 0 Å². The third-order valence-corrected chi connectivity index (χ3v) is 6.93. The molecule has 0 spiro atoms. The fourth-order valence-electron chi connectivity index (χ4n) is 4.88. The van der Waals surface area contributed by atoms with Crippen molar-refractivity contribution in [1.29, 1.82) is 0 Å². The summed E-state index contributed by atoms with van der Waals surface area (Å²) in [6, 6.07) is 19.6. The maximum atomic E-state index is 13.2. The highest BCUT2D eigenvalue weighted by molar-refractivity contribution is 6.31. The molecule has 0 saturated carbocycles. The molecule has 0 fully saturated rings. The summed E-state index contributed by atoms with van der Waals surface area (Å²) < 4.78 is 0. The van der Waals surface area contributed by atoms with Gasteiger partial charge in [0, 0.05) is 52.6 Å². The Balaban J connectivity index is 1.50. The number of carbonyl (C=O) groups is 1. The average Bonchev–Trinajstić information content (AvgIpc) is 3.33. The molecule has 2 aliphatic rings. The van der Waals surface area contributed by atoms with Crippen LogP contribution in [0.5, 0.6) is 0 Å². The van der Waals surface area contributed by atoms with Crippen LogP contribution in [-0.2, 0) is 0 Å². The highest BCUT2D eigenvalue weighted by atomic mass is 35.5. The zero-order valence-corrected chi connectivity index (χ0v) is 18.7. The van der Waals surface area contributed by atoms with Gasteiger partial charge in [0.15, 0.2) is 0 Å². The fourth-order valence-corrected chi connectivity index (χ4v) is 5.12. The molecule has 166 valence electrons. The van der Waals surface area contributed by atoms with Gasteiger partial charge in [0.2, 0.25) is 0 Å². The lowest BCUT2D eigenvalue weighted by molar-refractivity contribution is -0.384. The van der Waals surface area contributed by atoms with Crippen LogP contribution >= 0.6 is 11.6 Å². The number of nitro groups is 1. The number of allylic oxidation sites excluding steroid dienone is 2. The van der Waals surface area contributed by atoms with E-state index in [1.165, 1.54) is 6.07 Å². The molecule has 1 N–H and O–H groups in total. The molecular formula is C26H22ClN3O3. The molecule has 0 bridgehead atoms. The number of benzene rings is 3. The first-order chi connectivity index (χ1) is 15.9. The molecule has 0 saturated heterocycles. The number of anilines is 2. The van der Waals surface area contributed by atoms with Crippen LogP contribution in [0, 0.1) is 16.0 Å². The van der Waals surface area contributed by atoms with E-state index in [-0.39, 0.29) is 29.5 Å². The Morgan fingerprint density at radius 3 is 2.64 bits per heavy atom. The van der Waals surface area contributed by atoms with E-state index < -0.39 is 4.92 Å². The monoisotopic (exact) mass is 459 g/mol. The third kappa shape index (κ3) is 3.76. The van der Waals surface area contributed by atoms with E-state index in [1.807, 2.05) is 48.5 Å². The average molecular weight is 460 g/mol. The number of carbonyl (C=O) groups excluding carboxylic acids is 1. The smallest absolute Gasteiger partial charge is 0.269 e. The minimum atomic E-state index is -0.401. The van der Waals surface area contributed by atoms with Gasteiger partial charge in [0.25, 0.3) is 11.6 Å². The second-order valence-electron chi connectivity index (χ2n) is 8.44. The van der Waals surface area contributed by atoms with Crippen molar-refractivity contribution in [2.45, 2.75) is 18.4 Å². The largest absolute Gasteiger partial charge is 0.378 e. The molecule has 3 aromatic carbocycles. The van der Waals surface area contributed by atoms with Crippen LogP contribution in [0.4, 0.5) is 17.1 Å². The third-order valence-electron chi connectivity index (χ3n) is 6.58. The first-order valence-electron chi connectivity index (χ1n) is 10.8. The number of hydrogen-bond acceptors (Lipinski definition) is 4. The van der Waals surface area contributed by atoms with Gasteiger partial charge in [-0.15, -0.1) is 0 Å². The molecule has 33 heavy (non-hydrogen) atoms. The number of rotatable bonds is 4. The van der Waals surface area contributed by atoms with E-state index in [9.17, 15) is 14.9 Å². The van der Waals surface area contributed by atoms with Crippen LogP contribution in [0.3, 0.4) is 0 Å². The SMILES string of the molecule is CN(C(=O)c1ccc2c(c1)C1C=CCC1C(c1cc([N+](=O)[O-])ccc1Cl)N2)c1ccccc1. The highest BCUT2D eigenvalue weighted by Gasteiger charge is 2.39. The maximum Gasteiger partial charge on any atom is 0.269 e. The summed E-state index contributed by atoms with van der Waals surface area (Å²) in [4.78, 5) is 25.7. The fraction of sp³-hybridized carbons (Fsp3) is 0.192. The molecule has 1 amide bonds. The molecule has 3 atom stereocenters. The Morgan fingerprint density at radius 2 is 1.88 bits per heavy atom. The molecule has 7 heteroatoms. The van der Waals surface area contributed by atoms with Crippen molar-refractivity contribution in [2.75, 3.05) is 17.3 Å². The summed E-state index contributed by atoms with van der Waals surface area (Å²) in [5.74, 6) is 0.164. The summed E-state index contributed by atoms with van der Waals surface area (Å²) >= 11 is 6.48. The van der Waals surface area contributed by atoms with E-state index in [4.69, 9.17) is 11.6 Å². The summed E-state index contributed by atoms with van der Waals surface area (Å²) in [7, 11) is 1.77. The van der Waals surface area contributed by atoms with Crippen molar-refractivity contribution in [1.82, 2.24) is 0 Å². The normalized spacial score (nSPS) is 20.5. The summed E-state index contributed by atoms with van der Waals surface area (Å²) in [5.41, 5.74) is 4.16. The van der Waals surface area contributed by atoms with Crippen molar-refractivity contribution >= 4 is 34.6 Å². The predicted molar refractivity (Wildman–Crippen MR) is 130 cm³/mol. The minimum absolute atomic E-state index is 0.0226. The van der Waals surface area contributed by atoms with Gasteiger partial charge >= 0.3 is 0 Å². The first kappa shape index (κ1) is 21.2. The molecular weight excluding hydrogens is 438 g/mol. The molecule has 3 aromatic rings. The maximum absolute atomic E-state index is 13.2. The number of nitrogens with zero attached hydrogens (tertiary/aromatic N) is 2. The summed E-state index contributed by atoms with van der Waals surface area (Å²) in [6.45, 7) is 0. The van der Waals surface area contributed by atoms with Crippen molar-refractivity contribution < 1.29 is 9.72 Å². The zero-order chi connectivity index (χ0) is 23.1. The van der Waals surface area contributed by atoms with Crippen molar-refractivity contribution in [2.24, 2.45) is 5.92 Å². The van der Waals surface area contributed by atoms with Crippen LogP contribution in [0.15, 0.2) is 78.9 Å². The quantitative estimate of drug-likeness (QED) is 0.280. The Morgan fingerprint density at radius 1 is 1.09 bits per heavy atom. The number of nitro benzene ring substituents is 1. The van der Waals surface area contributed by atoms with Crippen molar-refractivity contribution in [3.8, 4) is 0 Å². The standard InChI is InChI=1S/C26H22ClN3O3/c1-29(17-6-3-2-4-7-17)26(31)16-10-13-24-21(14-16)19-8-5-9-20(19)25(28-24)22-15-18(30(32)33)11-12-23(22)27/h2-8,10-15,19-20,25,28H,9H2,1H3. The van der Waals surface area contributed by atoms with Gasteiger partial charge in [0.05, 0.1) is 11.0 Å². The lowest BCUT2D eigenvalue weighted by Crippen LogP contribution is -2.30. The molecule has 1 aliphatic heterocycles. The van der Waals surface area contributed by atoms with Crippen LogP contribution < -0.4 is 10.2 Å². The lowest BCUT2D eigenvalue weighted by Gasteiger charge is -2.38. The molecule has 3 unspecified atom stereocenters. The van der Waals surface area contributed by atoms with Crippen molar-refractivity contribution in [3.05, 3.63) is 111 Å². The van der Waals surface area contributed by atoms with Crippen LogP contribution in [0.1, 0.15) is 39.9 Å².